The van der Waals surface area contributed by atoms with Gasteiger partial charge >= 0.3 is 0 Å². The SMILES string of the molecule is O=C([O-])C1(Nc2ccc(F)cc2)CCCC1. The molecule has 0 atom stereocenters. The second kappa shape index (κ2) is 4.12. The van der Waals surface area contributed by atoms with Gasteiger partial charge in [-0.15, -0.1) is 0 Å². The van der Waals surface area contributed by atoms with E-state index in [1.54, 1.807) is 12.1 Å². The standard InChI is InChI=1S/C12H14FNO2/c13-9-3-5-10(6-4-9)14-12(11(15)16)7-1-2-8-12/h3-6,14H,1-2,7-8H2,(H,15,16)/p-1. The topological polar surface area (TPSA) is 52.2 Å². The smallest absolute Gasteiger partial charge is 0.123 e. The van der Waals surface area contributed by atoms with Gasteiger partial charge in [0.25, 0.3) is 0 Å². The Bertz CT molecular complexity index is 383. The number of carbonyl (C=O) groups is 1. The van der Waals surface area contributed by atoms with Gasteiger partial charge in [-0.25, -0.2) is 4.39 Å². The third-order valence-corrected chi connectivity index (χ3v) is 3.08. The summed E-state index contributed by atoms with van der Waals surface area (Å²) in [5, 5.41) is 14.1. The molecule has 0 aromatic heterocycles. The number of rotatable bonds is 3. The van der Waals surface area contributed by atoms with Crippen LogP contribution >= 0.6 is 0 Å². The number of hydrogen-bond acceptors (Lipinski definition) is 3. The molecular formula is C12H13FNO2-. The summed E-state index contributed by atoms with van der Waals surface area (Å²) in [7, 11) is 0. The summed E-state index contributed by atoms with van der Waals surface area (Å²) in [6, 6.07) is 5.69. The van der Waals surface area contributed by atoms with Gasteiger partial charge in [-0.1, -0.05) is 12.8 Å². The summed E-state index contributed by atoms with van der Waals surface area (Å²) in [6.07, 6.45) is 2.88. The first-order valence-corrected chi connectivity index (χ1v) is 5.38. The second-order valence-corrected chi connectivity index (χ2v) is 4.21. The zero-order chi connectivity index (χ0) is 11.6. The maximum absolute atomic E-state index is 12.7. The Kier molecular flexibility index (Phi) is 2.81. The number of carboxylic acids is 1. The van der Waals surface area contributed by atoms with Gasteiger partial charge in [0, 0.05) is 5.69 Å². The number of hydrogen-bond donors (Lipinski definition) is 1. The molecule has 1 aromatic rings. The van der Waals surface area contributed by atoms with Crippen molar-refractivity contribution in [1.82, 2.24) is 0 Å². The molecular weight excluding hydrogens is 209 g/mol. The summed E-state index contributed by atoms with van der Waals surface area (Å²) in [5.41, 5.74) is -0.356. The Morgan fingerprint density at radius 3 is 2.31 bits per heavy atom. The van der Waals surface area contributed by atoms with Gasteiger partial charge in [-0.2, -0.15) is 0 Å². The average molecular weight is 222 g/mol. The van der Waals surface area contributed by atoms with Gasteiger partial charge in [-0.05, 0) is 37.1 Å². The molecule has 16 heavy (non-hydrogen) atoms. The molecule has 86 valence electrons. The Morgan fingerprint density at radius 2 is 1.81 bits per heavy atom. The van der Waals surface area contributed by atoms with E-state index in [2.05, 4.69) is 5.32 Å². The molecule has 1 aliphatic rings. The average Bonchev–Trinajstić information content (AvgIpc) is 2.71. The molecule has 1 aliphatic carbocycles. The number of nitrogens with one attached hydrogen (secondary N) is 1. The molecule has 0 heterocycles. The molecule has 1 saturated carbocycles. The molecule has 0 spiro atoms. The summed E-state index contributed by atoms with van der Waals surface area (Å²) in [5.74, 6) is -1.41. The normalized spacial score (nSPS) is 18.3. The van der Waals surface area contributed by atoms with Crippen LogP contribution in [-0.4, -0.2) is 11.5 Å². The fourth-order valence-electron chi connectivity index (χ4n) is 2.17. The molecule has 1 fully saturated rings. The van der Waals surface area contributed by atoms with Crippen LogP contribution in [0.25, 0.3) is 0 Å². The Morgan fingerprint density at radius 1 is 1.25 bits per heavy atom. The zero-order valence-electron chi connectivity index (χ0n) is 8.83. The molecule has 0 amide bonds. The number of benzene rings is 1. The van der Waals surface area contributed by atoms with E-state index in [1.165, 1.54) is 12.1 Å². The van der Waals surface area contributed by atoms with Crippen molar-refractivity contribution in [3.63, 3.8) is 0 Å². The Labute approximate surface area is 93.3 Å². The highest BCUT2D eigenvalue weighted by Crippen LogP contribution is 2.32. The van der Waals surface area contributed by atoms with E-state index in [1.807, 2.05) is 0 Å². The first kappa shape index (κ1) is 10.9. The van der Waals surface area contributed by atoms with Crippen LogP contribution in [0.4, 0.5) is 10.1 Å². The third kappa shape index (κ3) is 2.01. The van der Waals surface area contributed by atoms with Crippen LogP contribution in [0.15, 0.2) is 24.3 Å². The van der Waals surface area contributed by atoms with Crippen LogP contribution in [0.3, 0.4) is 0 Å². The quantitative estimate of drug-likeness (QED) is 0.838. The van der Waals surface area contributed by atoms with Crippen molar-refractivity contribution in [2.75, 3.05) is 5.32 Å². The van der Waals surface area contributed by atoms with Crippen molar-refractivity contribution >= 4 is 11.7 Å². The minimum absolute atomic E-state index is 0.334. The Balaban J connectivity index is 2.18. The Hall–Kier alpha value is -1.58. The molecule has 0 unspecified atom stereocenters. The van der Waals surface area contributed by atoms with E-state index in [0.29, 0.717) is 18.5 Å². The maximum Gasteiger partial charge on any atom is 0.123 e. The van der Waals surface area contributed by atoms with Crippen molar-refractivity contribution in [3.05, 3.63) is 30.1 Å². The zero-order valence-corrected chi connectivity index (χ0v) is 8.83. The fraction of sp³-hybridized carbons (Fsp3) is 0.417. The lowest BCUT2D eigenvalue weighted by Gasteiger charge is -2.32. The number of carbonyl (C=O) groups excluding carboxylic acids is 1. The summed E-state index contributed by atoms with van der Waals surface area (Å²) in [4.78, 5) is 11.1. The lowest BCUT2D eigenvalue weighted by Crippen LogP contribution is -2.52. The first-order valence-electron chi connectivity index (χ1n) is 5.38. The summed E-state index contributed by atoms with van der Waals surface area (Å²) < 4.78 is 12.7. The number of halogens is 1. The van der Waals surface area contributed by atoms with Crippen LogP contribution in [0, 0.1) is 5.82 Å². The van der Waals surface area contributed by atoms with Crippen molar-refractivity contribution in [2.24, 2.45) is 0 Å². The molecule has 0 radical (unpaired) electrons. The molecule has 2 rings (SSSR count). The first-order chi connectivity index (χ1) is 7.62. The van der Waals surface area contributed by atoms with Gasteiger partial charge in [0.05, 0.1) is 11.5 Å². The van der Waals surface area contributed by atoms with Crippen molar-refractivity contribution in [3.8, 4) is 0 Å². The lowest BCUT2D eigenvalue weighted by molar-refractivity contribution is -0.311. The minimum Gasteiger partial charge on any atom is -0.548 e. The second-order valence-electron chi connectivity index (χ2n) is 4.21. The number of aliphatic carboxylic acids is 1. The monoisotopic (exact) mass is 222 g/mol. The summed E-state index contributed by atoms with van der Waals surface area (Å²) >= 11 is 0. The molecule has 0 aliphatic heterocycles. The molecule has 0 bridgehead atoms. The van der Waals surface area contributed by atoms with Crippen molar-refractivity contribution in [2.45, 2.75) is 31.2 Å². The van der Waals surface area contributed by atoms with E-state index in [4.69, 9.17) is 0 Å². The molecule has 3 nitrogen and oxygen atoms in total. The largest absolute Gasteiger partial charge is 0.548 e. The van der Waals surface area contributed by atoms with Gasteiger partial charge in [-0.3, -0.25) is 0 Å². The van der Waals surface area contributed by atoms with Crippen molar-refractivity contribution < 1.29 is 14.3 Å². The maximum atomic E-state index is 12.7. The molecule has 1 aromatic carbocycles. The van der Waals surface area contributed by atoms with Crippen LogP contribution < -0.4 is 10.4 Å². The number of anilines is 1. The summed E-state index contributed by atoms with van der Waals surface area (Å²) in [6.45, 7) is 0. The van der Waals surface area contributed by atoms with Crippen LogP contribution in [0.1, 0.15) is 25.7 Å². The lowest BCUT2D eigenvalue weighted by atomic mass is 9.97. The van der Waals surface area contributed by atoms with Gasteiger partial charge in [0.15, 0.2) is 0 Å². The predicted octanol–water partition coefficient (Wildman–Crippen LogP) is 1.30. The van der Waals surface area contributed by atoms with E-state index in [9.17, 15) is 14.3 Å². The van der Waals surface area contributed by atoms with E-state index in [0.717, 1.165) is 12.8 Å². The van der Waals surface area contributed by atoms with E-state index in [-0.39, 0.29) is 5.82 Å². The van der Waals surface area contributed by atoms with Gasteiger partial charge < -0.3 is 15.2 Å². The van der Waals surface area contributed by atoms with E-state index < -0.39 is 11.5 Å². The highest BCUT2D eigenvalue weighted by Gasteiger charge is 2.35. The predicted molar refractivity (Wildman–Crippen MR) is 56.2 cm³/mol. The minimum atomic E-state index is -1.07. The van der Waals surface area contributed by atoms with Gasteiger partial charge in [0.2, 0.25) is 0 Å². The fourth-order valence-corrected chi connectivity index (χ4v) is 2.17. The highest BCUT2D eigenvalue weighted by molar-refractivity contribution is 5.81. The molecule has 0 saturated heterocycles. The van der Waals surface area contributed by atoms with E-state index >= 15 is 0 Å². The highest BCUT2D eigenvalue weighted by atomic mass is 19.1. The van der Waals surface area contributed by atoms with Gasteiger partial charge in [0.1, 0.15) is 5.82 Å². The number of carboxylic acid groups (broad SMARTS) is 1. The van der Waals surface area contributed by atoms with Crippen molar-refractivity contribution in [1.29, 1.82) is 0 Å². The third-order valence-electron chi connectivity index (χ3n) is 3.08. The molecule has 4 heteroatoms. The molecule has 1 N–H and O–H groups in total. The van der Waals surface area contributed by atoms with Crippen LogP contribution in [-0.2, 0) is 4.79 Å². The van der Waals surface area contributed by atoms with Crippen LogP contribution in [0.2, 0.25) is 0 Å². The van der Waals surface area contributed by atoms with Crippen LogP contribution in [0.5, 0.6) is 0 Å².